The number of ether oxygens (including phenoxy) is 1. The number of nitro groups is 1. The summed E-state index contributed by atoms with van der Waals surface area (Å²) in [4.78, 5) is 47.1. The number of nitrogens with zero attached hydrogens (tertiary/aromatic N) is 1. The molecule has 164 valence electrons. The van der Waals surface area contributed by atoms with Gasteiger partial charge in [0.25, 0.3) is 17.5 Å². The quantitative estimate of drug-likeness (QED) is 0.340. The van der Waals surface area contributed by atoms with E-state index < -0.39 is 29.3 Å². The van der Waals surface area contributed by atoms with Gasteiger partial charge < -0.3 is 15.4 Å². The predicted octanol–water partition coefficient (Wildman–Crippen LogP) is 3.96. The Morgan fingerprint density at radius 1 is 1.10 bits per heavy atom. The largest absolute Gasteiger partial charge is 0.452 e. The number of hydrogen-bond acceptors (Lipinski definition) is 6. The number of hydrogen-bond donors (Lipinski definition) is 2. The molecule has 0 aliphatic heterocycles. The summed E-state index contributed by atoms with van der Waals surface area (Å²) >= 11 is 5.99. The molecule has 2 N–H and O–H groups in total. The normalized spacial score (nSPS) is 10.5. The number of amides is 2. The summed E-state index contributed by atoms with van der Waals surface area (Å²) in [5.74, 6) is -1.86. The number of nitrogens with one attached hydrogen (secondary N) is 2. The number of esters is 1. The Bertz CT molecular complexity index is 991. The molecule has 0 aromatic heterocycles. The molecule has 2 aromatic rings. The minimum Gasteiger partial charge on any atom is -0.452 e. The Hall–Kier alpha value is -3.46. The van der Waals surface area contributed by atoms with Crippen LogP contribution in [0.5, 0.6) is 0 Å². The molecule has 31 heavy (non-hydrogen) atoms. The zero-order valence-electron chi connectivity index (χ0n) is 17.0. The van der Waals surface area contributed by atoms with Crippen LogP contribution in [0.25, 0.3) is 0 Å². The van der Waals surface area contributed by atoms with E-state index in [1.54, 1.807) is 12.1 Å². The highest BCUT2D eigenvalue weighted by Crippen LogP contribution is 2.24. The molecule has 2 rings (SSSR count). The summed E-state index contributed by atoms with van der Waals surface area (Å²) in [7, 11) is 0. The van der Waals surface area contributed by atoms with Crippen LogP contribution in [-0.2, 0) is 9.53 Å². The third-order valence-corrected chi connectivity index (χ3v) is 4.80. The third-order valence-electron chi connectivity index (χ3n) is 4.49. The van der Waals surface area contributed by atoms with Crippen LogP contribution in [0.3, 0.4) is 0 Å². The van der Waals surface area contributed by atoms with Gasteiger partial charge in [0, 0.05) is 18.2 Å². The minimum atomic E-state index is -0.787. The van der Waals surface area contributed by atoms with Crippen molar-refractivity contribution in [2.24, 2.45) is 0 Å². The van der Waals surface area contributed by atoms with Gasteiger partial charge in [-0.05, 0) is 31.0 Å². The zero-order chi connectivity index (χ0) is 23.0. The maximum atomic E-state index is 12.6. The van der Waals surface area contributed by atoms with E-state index in [2.05, 4.69) is 10.6 Å². The van der Waals surface area contributed by atoms with Gasteiger partial charge in [0.15, 0.2) is 6.61 Å². The molecule has 2 aromatic carbocycles. The van der Waals surface area contributed by atoms with Crippen LogP contribution in [0.1, 0.15) is 47.4 Å². The first kappa shape index (κ1) is 23.8. The Morgan fingerprint density at radius 3 is 2.39 bits per heavy atom. The van der Waals surface area contributed by atoms with E-state index in [0.717, 1.165) is 25.0 Å². The Labute approximate surface area is 183 Å². The summed E-state index contributed by atoms with van der Waals surface area (Å²) < 4.78 is 5.07. The lowest BCUT2D eigenvalue weighted by Gasteiger charge is -2.15. The van der Waals surface area contributed by atoms with Gasteiger partial charge in [-0.2, -0.15) is 0 Å². The van der Waals surface area contributed by atoms with E-state index in [9.17, 15) is 24.5 Å². The second-order valence-corrected chi connectivity index (χ2v) is 6.99. The van der Waals surface area contributed by atoms with Crippen molar-refractivity contribution in [2.75, 3.05) is 11.9 Å². The number of para-hydroxylation sites is 1. The fraction of sp³-hybridized carbons (Fsp3) is 0.286. The summed E-state index contributed by atoms with van der Waals surface area (Å²) in [6.07, 6.45) is 1.52. The summed E-state index contributed by atoms with van der Waals surface area (Å²) in [5.41, 5.74) is -0.0614. The molecule has 9 nitrogen and oxygen atoms in total. The van der Waals surface area contributed by atoms with Crippen molar-refractivity contribution >= 4 is 40.8 Å². The number of rotatable bonds is 9. The highest BCUT2D eigenvalue weighted by atomic mass is 35.5. The van der Waals surface area contributed by atoms with Crippen molar-refractivity contribution in [3.8, 4) is 0 Å². The van der Waals surface area contributed by atoms with Gasteiger partial charge >= 0.3 is 5.97 Å². The molecule has 0 saturated carbocycles. The second-order valence-electron chi connectivity index (χ2n) is 6.58. The summed E-state index contributed by atoms with van der Waals surface area (Å²) in [5, 5.41) is 16.0. The molecule has 0 heterocycles. The molecule has 2 amide bonds. The number of carbonyl (C=O) groups excluding carboxylic acids is 3. The van der Waals surface area contributed by atoms with Crippen molar-refractivity contribution in [3.05, 3.63) is 68.7 Å². The van der Waals surface area contributed by atoms with Crippen LogP contribution in [0, 0.1) is 10.1 Å². The molecule has 0 saturated heterocycles. The van der Waals surface area contributed by atoms with Crippen molar-refractivity contribution in [1.82, 2.24) is 5.32 Å². The van der Waals surface area contributed by atoms with Gasteiger partial charge in [0.1, 0.15) is 0 Å². The van der Waals surface area contributed by atoms with E-state index >= 15 is 0 Å². The van der Waals surface area contributed by atoms with Crippen molar-refractivity contribution in [2.45, 2.75) is 32.7 Å². The van der Waals surface area contributed by atoms with Gasteiger partial charge in [-0.3, -0.25) is 19.7 Å². The molecule has 0 unspecified atom stereocenters. The Kier molecular flexibility index (Phi) is 8.51. The first-order valence-corrected chi connectivity index (χ1v) is 9.95. The number of non-ortho nitro benzene ring substituents is 1. The van der Waals surface area contributed by atoms with Crippen LogP contribution in [0.15, 0.2) is 42.5 Å². The second kappa shape index (κ2) is 11.1. The van der Waals surface area contributed by atoms with Crippen LogP contribution >= 0.6 is 11.6 Å². The predicted molar refractivity (Wildman–Crippen MR) is 115 cm³/mol. The number of benzene rings is 2. The molecule has 0 spiro atoms. The SMILES string of the molecule is CCC(CC)NC(=O)COC(=O)c1ccccc1NC(=O)c1ccc([N+](=O)[O-])cc1Cl. The molecule has 0 fully saturated rings. The van der Waals surface area contributed by atoms with Crippen molar-refractivity contribution in [3.63, 3.8) is 0 Å². The fourth-order valence-corrected chi connectivity index (χ4v) is 2.99. The number of halogens is 1. The maximum absolute atomic E-state index is 12.6. The monoisotopic (exact) mass is 447 g/mol. The highest BCUT2D eigenvalue weighted by Gasteiger charge is 2.19. The van der Waals surface area contributed by atoms with E-state index in [-0.39, 0.29) is 33.6 Å². The van der Waals surface area contributed by atoms with E-state index in [0.29, 0.717) is 0 Å². The van der Waals surface area contributed by atoms with E-state index in [4.69, 9.17) is 16.3 Å². The average Bonchev–Trinajstić information content (AvgIpc) is 2.75. The van der Waals surface area contributed by atoms with Gasteiger partial charge in [-0.1, -0.05) is 37.6 Å². The molecule has 0 aliphatic carbocycles. The van der Waals surface area contributed by atoms with Gasteiger partial charge in [-0.15, -0.1) is 0 Å². The summed E-state index contributed by atoms with van der Waals surface area (Å²) in [6.45, 7) is 3.43. The van der Waals surface area contributed by atoms with Crippen LogP contribution in [0.2, 0.25) is 5.02 Å². The number of carbonyl (C=O) groups is 3. The first-order chi connectivity index (χ1) is 14.8. The van der Waals surface area contributed by atoms with Gasteiger partial charge in [0.2, 0.25) is 0 Å². The fourth-order valence-electron chi connectivity index (χ4n) is 2.73. The van der Waals surface area contributed by atoms with Crippen molar-refractivity contribution < 1.29 is 24.0 Å². The molecule has 0 radical (unpaired) electrons. The molecule has 0 bridgehead atoms. The zero-order valence-corrected chi connectivity index (χ0v) is 17.8. The highest BCUT2D eigenvalue weighted by molar-refractivity contribution is 6.34. The van der Waals surface area contributed by atoms with Crippen LogP contribution in [0.4, 0.5) is 11.4 Å². The Balaban J connectivity index is 2.09. The van der Waals surface area contributed by atoms with Crippen LogP contribution in [-0.4, -0.2) is 35.4 Å². The molecule has 10 heteroatoms. The minimum absolute atomic E-state index is 0.0000112. The summed E-state index contributed by atoms with van der Waals surface area (Å²) in [6, 6.07) is 9.54. The third kappa shape index (κ3) is 6.51. The molecule has 0 atom stereocenters. The maximum Gasteiger partial charge on any atom is 0.340 e. The topological polar surface area (TPSA) is 128 Å². The number of anilines is 1. The standard InChI is InChI=1S/C21H22ClN3O6/c1-3-13(4-2)23-19(26)12-31-21(28)16-7-5-6-8-18(16)24-20(27)15-10-9-14(25(29)30)11-17(15)22/h5-11,13H,3-4,12H2,1-2H3,(H,23,26)(H,24,27). The number of nitro benzene ring substituents is 1. The molecular formula is C21H22ClN3O6. The average molecular weight is 448 g/mol. The first-order valence-electron chi connectivity index (χ1n) is 9.57. The smallest absolute Gasteiger partial charge is 0.340 e. The van der Waals surface area contributed by atoms with E-state index in [1.807, 2.05) is 13.8 Å². The lowest BCUT2D eigenvalue weighted by Crippen LogP contribution is -2.36. The van der Waals surface area contributed by atoms with Gasteiger partial charge in [-0.25, -0.2) is 4.79 Å². The van der Waals surface area contributed by atoms with E-state index in [1.165, 1.54) is 18.2 Å². The lowest BCUT2D eigenvalue weighted by atomic mass is 10.1. The van der Waals surface area contributed by atoms with Crippen molar-refractivity contribution in [1.29, 1.82) is 0 Å². The molecular weight excluding hydrogens is 426 g/mol. The lowest BCUT2D eigenvalue weighted by molar-refractivity contribution is -0.384. The van der Waals surface area contributed by atoms with Crippen LogP contribution < -0.4 is 10.6 Å². The van der Waals surface area contributed by atoms with Gasteiger partial charge in [0.05, 0.1) is 26.8 Å². The molecule has 0 aliphatic rings. The Morgan fingerprint density at radius 2 is 1.77 bits per heavy atom.